The molecule has 0 amide bonds. The van der Waals surface area contributed by atoms with Crippen molar-refractivity contribution in [3.05, 3.63) is 11.1 Å². The first kappa shape index (κ1) is 8.98. The molecule has 2 atom stereocenters. The minimum absolute atomic E-state index is 0.448. The number of fused-ring (bicyclic) bond motifs is 1. The quantitative estimate of drug-likeness (QED) is 0.557. The average Bonchev–Trinajstić information content (AvgIpc) is 2.40. The molecule has 0 bridgehead atoms. The molecule has 0 saturated heterocycles. The molecule has 0 aromatic carbocycles. The van der Waals surface area contributed by atoms with Gasteiger partial charge in [0.1, 0.15) is 0 Å². The summed E-state index contributed by atoms with van der Waals surface area (Å²) in [4.78, 5) is 11.8. The fraction of sp³-hybridized carbons (Fsp3) is 0.750. The van der Waals surface area contributed by atoms with Gasteiger partial charge in [-0.15, -0.1) is 0 Å². The molecule has 0 aliphatic heterocycles. The van der Waals surface area contributed by atoms with Crippen LogP contribution in [0, 0.1) is 11.8 Å². The van der Waals surface area contributed by atoms with Gasteiger partial charge in [-0.2, -0.15) is 0 Å². The average molecular weight is 178 g/mol. The van der Waals surface area contributed by atoms with Crippen molar-refractivity contribution in [2.45, 2.75) is 46.0 Å². The molecule has 0 aromatic rings. The molecule has 1 heteroatoms. The number of rotatable bonds is 0. The van der Waals surface area contributed by atoms with Gasteiger partial charge >= 0.3 is 0 Å². The maximum absolute atomic E-state index is 11.8. The van der Waals surface area contributed by atoms with Crippen molar-refractivity contribution in [3.63, 3.8) is 0 Å². The molecule has 1 saturated carbocycles. The highest BCUT2D eigenvalue weighted by molar-refractivity contribution is 5.97. The fourth-order valence-corrected chi connectivity index (χ4v) is 2.90. The third-order valence-electron chi connectivity index (χ3n) is 3.71. The van der Waals surface area contributed by atoms with E-state index in [2.05, 4.69) is 13.8 Å². The molecular formula is C12H18O. The Morgan fingerprint density at radius 1 is 1.23 bits per heavy atom. The summed E-state index contributed by atoms with van der Waals surface area (Å²) in [6.07, 6.45) is 5.54. The summed E-state index contributed by atoms with van der Waals surface area (Å²) < 4.78 is 0. The highest BCUT2D eigenvalue weighted by Crippen LogP contribution is 2.41. The van der Waals surface area contributed by atoms with Crippen molar-refractivity contribution in [2.24, 2.45) is 11.8 Å². The molecule has 0 heterocycles. The number of carbonyl (C=O) groups is 1. The van der Waals surface area contributed by atoms with E-state index >= 15 is 0 Å². The third kappa shape index (κ3) is 1.45. The first-order valence-corrected chi connectivity index (χ1v) is 5.43. The van der Waals surface area contributed by atoms with Crippen LogP contribution < -0.4 is 0 Å². The maximum Gasteiger partial charge on any atom is 0.159 e. The smallest absolute Gasteiger partial charge is 0.159 e. The number of hydrogen-bond acceptors (Lipinski definition) is 1. The molecule has 2 rings (SSSR count). The molecule has 0 radical (unpaired) electrons. The Morgan fingerprint density at radius 2 is 2.00 bits per heavy atom. The van der Waals surface area contributed by atoms with E-state index in [1.165, 1.54) is 24.0 Å². The van der Waals surface area contributed by atoms with Crippen LogP contribution in [0.1, 0.15) is 46.0 Å². The molecule has 0 aromatic heterocycles. The van der Waals surface area contributed by atoms with E-state index < -0.39 is 0 Å². The molecule has 2 aliphatic carbocycles. The number of allylic oxidation sites excluding steroid dienone is 2. The van der Waals surface area contributed by atoms with Gasteiger partial charge in [0, 0.05) is 6.42 Å². The van der Waals surface area contributed by atoms with Crippen molar-refractivity contribution in [1.82, 2.24) is 0 Å². The molecule has 1 fully saturated rings. The first-order chi connectivity index (χ1) is 6.20. The van der Waals surface area contributed by atoms with E-state index in [9.17, 15) is 4.79 Å². The number of carbonyl (C=O) groups excluding carboxylic acids is 1. The van der Waals surface area contributed by atoms with Crippen molar-refractivity contribution in [3.8, 4) is 0 Å². The van der Waals surface area contributed by atoms with Crippen molar-refractivity contribution < 1.29 is 4.79 Å². The topological polar surface area (TPSA) is 17.1 Å². The van der Waals surface area contributed by atoms with Crippen molar-refractivity contribution in [1.29, 1.82) is 0 Å². The lowest BCUT2D eigenvalue weighted by Crippen LogP contribution is -2.13. The van der Waals surface area contributed by atoms with E-state index in [1.807, 2.05) is 0 Å². The molecule has 2 aliphatic rings. The van der Waals surface area contributed by atoms with Crippen LogP contribution in [0.5, 0.6) is 0 Å². The minimum Gasteiger partial charge on any atom is -0.295 e. The summed E-state index contributed by atoms with van der Waals surface area (Å²) in [5.74, 6) is 1.79. The number of hydrogen-bond donors (Lipinski definition) is 0. The Labute approximate surface area is 80.2 Å². The lowest BCUT2D eigenvalue weighted by molar-refractivity contribution is -0.115. The van der Waals surface area contributed by atoms with Crippen LogP contribution in [-0.4, -0.2) is 5.78 Å². The monoisotopic (exact) mass is 178 g/mol. The SMILES string of the molecule is CC1=C2C(=O)CCC[C@H](C)[C@H]2CC1. The molecule has 13 heavy (non-hydrogen) atoms. The summed E-state index contributed by atoms with van der Waals surface area (Å²) in [5, 5.41) is 0. The minimum atomic E-state index is 0.448. The zero-order valence-electron chi connectivity index (χ0n) is 8.60. The maximum atomic E-state index is 11.8. The predicted octanol–water partition coefficient (Wildman–Crippen LogP) is 3.10. The van der Waals surface area contributed by atoms with Crippen molar-refractivity contribution in [2.75, 3.05) is 0 Å². The second kappa shape index (κ2) is 3.28. The van der Waals surface area contributed by atoms with Gasteiger partial charge in [-0.25, -0.2) is 0 Å². The van der Waals surface area contributed by atoms with Gasteiger partial charge in [0.05, 0.1) is 0 Å². The molecule has 0 spiro atoms. The van der Waals surface area contributed by atoms with Gasteiger partial charge in [-0.3, -0.25) is 4.79 Å². The van der Waals surface area contributed by atoms with Crippen LogP contribution >= 0.6 is 0 Å². The fourth-order valence-electron chi connectivity index (χ4n) is 2.90. The second-order valence-corrected chi connectivity index (χ2v) is 4.63. The lowest BCUT2D eigenvalue weighted by atomic mass is 9.86. The molecule has 72 valence electrons. The van der Waals surface area contributed by atoms with E-state index in [0.717, 1.165) is 25.2 Å². The highest BCUT2D eigenvalue weighted by Gasteiger charge is 2.33. The van der Waals surface area contributed by atoms with Crippen LogP contribution in [0.2, 0.25) is 0 Å². The van der Waals surface area contributed by atoms with Gasteiger partial charge in [0.2, 0.25) is 0 Å². The molecular weight excluding hydrogens is 160 g/mol. The molecule has 1 nitrogen and oxygen atoms in total. The van der Waals surface area contributed by atoms with Gasteiger partial charge in [-0.05, 0) is 50.0 Å². The summed E-state index contributed by atoms with van der Waals surface area (Å²) in [7, 11) is 0. The summed E-state index contributed by atoms with van der Waals surface area (Å²) in [6, 6.07) is 0. The van der Waals surface area contributed by atoms with Crippen LogP contribution in [0.25, 0.3) is 0 Å². The third-order valence-corrected chi connectivity index (χ3v) is 3.71. The van der Waals surface area contributed by atoms with E-state index in [1.54, 1.807) is 0 Å². The van der Waals surface area contributed by atoms with Gasteiger partial charge in [-0.1, -0.05) is 12.5 Å². The Kier molecular flexibility index (Phi) is 2.27. The van der Waals surface area contributed by atoms with Crippen LogP contribution in [0.3, 0.4) is 0 Å². The van der Waals surface area contributed by atoms with Crippen molar-refractivity contribution >= 4 is 5.78 Å². The standard InChI is InChI=1S/C12H18O/c1-8-4-3-5-11(13)12-9(2)6-7-10(8)12/h8,10H,3-7H2,1-2H3/t8-,10+/m0/s1. The van der Waals surface area contributed by atoms with E-state index in [-0.39, 0.29) is 0 Å². The Balaban J connectivity index is 2.33. The van der Waals surface area contributed by atoms with E-state index in [0.29, 0.717) is 11.7 Å². The second-order valence-electron chi connectivity index (χ2n) is 4.63. The summed E-state index contributed by atoms with van der Waals surface area (Å²) >= 11 is 0. The molecule has 0 unspecified atom stereocenters. The van der Waals surface area contributed by atoms with Gasteiger partial charge < -0.3 is 0 Å². The summed E-state index contributed by atoms with van der Waals surface area (Å²) in [6.45, 7) is 4.45. The van der Waals surface area contributed by atoms with Crippen LogP contribution in [-0.2, 0) is 4.79 Å². The van der Waals surface area contributed by atoms with Crippen LogP contribution in [0.4, 0.5) is 0 Å². The Bertz CT molecular complexity index is 262. The summed E-state index contributed by atoms with van der Waals surface area (Å²) in [5.41, 5.74) is 2.59. The van der Waals surface area contributed by atoms with Crippen LogP contribution in [0.15, 0.2) is 11.1 Å². The predicted molar refractivity (Wildman–Crippen MR) is 53.4 cm³/mol. The Morgan fingerprint density at radius 3 is 2.77 bits per heavy atom. The zero-order valence-corrected chi connectivity index (χ0v) is 8.60. The number of ketones is 1. The Hall–Kier alpha value is -0.590. The van der Waals surface area contributed by atoms with Gasteiger partial charge in [0.25, 0.3) is 0 Å². The first-order valence-electron chi connectivity index (χ1n) is 5.43. The number of Topliss-reactive ketones (excluding diaryl/α,β-unsaturated/α-hetero) is 1. The lowest BCUT2D eigenvalue weighted by Gasteiger charge is -2.17. The molecule has 0 N–H and O–H groups in total. The highest BCUT2D eigenvalue weighted by atomic mass is 16.1. The normalized spacial score (nSPS) is 34.8. The zero-order chi connectivity index (χ0) is 9.42. The van der Waals surface area contributed by atoms with E-state index in [4.69, 9.17) is 0 Å². The van der Waals surface area contributed by atoms with Gasteiger partial charge in [0.15, 0.2) is 5.78 Å². The largest absolute Gasteiger partial charge is 0.295 e.